The second-order valence-electron chi connectivity index (χ2n) is 5.60. The van der Waals surface area contributed by atoms with Crippen molar-refractivity contribution in [2.24, 2.45) is 0 Å². The van der Waals surface area contributed by atoms with E-state index >= 15 is 0 Å². The van der Waals surface area contributed by atoms with Crippen molar-refractivity contribution >= 4 is 27.6 Å². The predicted molar refractivity (Wildman–Crippen MR) is 80.6 cm³/mol. The van der Waals surface area contributed by atoms with E-state index in [4.69, 9.17) is 4.42 Å². The molecule has 2 aliphatic heterocycles. The van der Waals surface area contributed by atoms with Crippen molar-refractivity contribution in [3.63, 3.8) is 0 Å². The van der Waals surface area contributed by atoms with E-state index in [1.165, 1.54) is 22.0 Å². The van der Waals surface area contributed by atoms with Crippen LogP contribution in [0.4, 0.5) is 5.69 Å². The third kappa shape index (κ3) is 1.11. The van der Waals surface area contributed by atoms with Crippen molar-refractivity contribution in [3.8, 4) is 0 Å². The van der Waals surface area contributed by atoms with Crippen LogP contribution >= 0.6 is 0 Å². The highest BCUT2D eigenvalue weighted by atomic mass is 16.3. The van der Waals surface area contributed by atoms with Crippen LogP contribution in [-0.2, 0) is 6.42 Å². The van der Waals surface area contributed by atoms with E-state index in [-0.39, 0.29) is 0 Å². The van der Waals surface area contributed by atoms with Gasteiger partial charge in [0.15, 0.2) is 5.58 Å². The quantitative estimate of drug-likeness (QED) is 0.616. The fraction of sp³-hybridized carbons (Fsp3) is 0.176. The van der Waals surface area contributed by atoms with E-state index in [2.05, 4.69) is 53.5 Å². The van der Waals surface area contributed by atoms with Crippen LogP contribution in [0.5, 0.6) is 0 Å². The number of furan rings is 1. The van der Waals surface area contributed by atoms with Gasteiger partial charge in [0.25, 0.3) is 0 Å². The third-order valence-electron chi connectivity index (χ3n) is 4.52. The first kappa shape index (κ1) is 10.4. The Balaban J connectivity index is 1.88. The molecule has 5 rings (SSSR count). The lowest BCUT2D eigenvalue weighted by Crippen LogP contribution is -2.33. The van der Waals surface area contributed by atoms with Gasteiger partial charge in [0.2, 0.25) is 0 Å². The zero-order valence-electron chi connectivity index (χ0n) is 11.2. The summed E-state index contributed by atoms with van der Waals surface area (Å²) in [7, 11) is 2.13. The smallest absolute Gasteiger partial charge is 0.159 e. The Kier molecular flexibility index (Phi) is 1.75. The first-order valence-corrected chi connectivity index (χ1v) is 6.95. The Morgan fingerprint density at radius 1 is 1.05 bits per heavy atom. The van der Waals surface area contributed by atoms with Gasteiger partial charge in [-0.05, 0) is 11.6 Å². The minimum absolute atomic E-state index is 0.406. The lowest BCUT2D eigenvalue weighted by Gasteiger charge is -2.23. The van der Waals surface area contributed by atoms with Gasteiger partial charge in [-0.3, -0.25) is 0 Å². The first-order valence-electron chi connectivity index (χ1n) is 6.95. The van der Waals surface area contributed by atoms with Crippen molar-refractivity contribution in [2.45, 2.75) is 12.6 Å². The Labute approximate surface area is 116 Å². The van der Waals surface area contributed by atoms with Crippen molar-refractivity contribution in [1.29, 1.82) is 0 Å². The molecule has 1 atom stereocenters. The van der Waals surface area contributed by atoms with Crippen LogP contribution in [-0.4, -0.2) is 18.1 Å². The molecule has 0 radical (unpaired) electrons. The maximum atomic E-state index is 6.14. The van der Waals surface area contributed by atoms with Gasteiger partial charge in [0.05, 0.1) is 5.69 Å². The van der Waals surface area contributed by atoms with Gasteiger partial charge < -0.3 is 14.2 Å². The molecule has 0 aliphatic carbocycles. The van der Waals surface area contributed by atoms with E-state index < -0.39 is 0 Å². The van der Waals surface area contributed by atoms with Gasteiger partial charge in [-0.2, -0.15) is 0 Å². The summed E-state index contributed by atoms with van der Waals surface area (Å²) in [4.78, 5) is 4.59. The fourth-order valence-electron chi connectivity index (χ4n) is 3.50. The average Bonchev–Trinajstić information content (AvgIpc) is 3.11. The molecule has 1 aromatic heterocycles. The van der Waals surface area contributed by atoms with E-state index in [1.807, 2.05) is 12.1 Å². The molecule has 2 aliphatic rings. The SMILES string of the molecule is CN1C=CN2c3c(ccc4c3oc3ccccc34)CC12. The molecule has 0 N–H and O–H groups in total. The Bertz CT molecular complexity index is 877. The van der Waals surface area contributed by atoms with Crippen LogP contribution in [0.25, 0.3) is 21.9 Å². The largest absolute Gasteiger partial charge is 0.454 e. The van der Waals surface area contributed by atoms with Gasteiger partial charge in [-0.15, -0.1) is 0 Å². The van der Waals surface area contributed by atoms with E-state index in [0.717, 1.165) is 17.6 Å². The Morgan fingerprint density at radius 2 is 1.95 bits per heavy atom. The monoisotopic (exact) mass is 262 g/mol. The number of nitrogens with zero attached hydrogens (tertiary/aromatic N) is 2. The molecule has 1 unspecified atom stereocenters. The van der Waals surface area contributed by atoms with Crippen LogP contribution in [0.2, 0.25) is 0 Å². The number of fused-ring (bicyclic) bond motifs is 7. The number of rotatable bonds is 0. The molecule has 3 heterocycles. The molecular formula is C17H14N2O. The minimum atomic E-state index is 0.406. The molecule has 0 amide bonds. The number of hydrogen-bond donors (Lipinski definition) is 0. The van der Waals surface area contributed by atoms with Crippen LogP contribution < -0.4 is 4.90 Å². The summed E-state index contributed by atoms with van der Waals surface area (Å²) in [6.45, 7) is 0. The molecule has 0 saturated carbocycles. The van der Waals surface area contributed by atoms with Crippen LogP contribution in [0, 0.1) is 0 Å². The highest BCUT2D eigenvalue weighted by molar-refractivity contribution is 6.10. The van der Waals surface area contributed by atoms with Gasteiger partial charge in [0, 0.05) is 36.6 Å². The summed E-state index contributed by atoms with van der Waals surface area (Å²) in [5, 5.41) is 2.41. The predicted octanol–water partition coefficient (Wildman–Crippen LogP) is 3.69. The molecule has 2 aromatic carbocycles. The highest BCUT2D eigenvalue weighted by Crippen LogP contribution is 2.44. The number of benzene rings is 2. The van der Waals surface area contributed by atoms with Crippen LogP contribution in [0.15, 0.2) is 53.2 Å². The lowest BCUT2D eigenvalue weighted by molar-refractivity contribution is 0.369. The third-order valence-corrected chi connectivity index (χ3v) is 4.52. The van der Waals surface area contributed by atoms with Gasteiger partial charge >= 0.3 is 0 Å². The average molecular weight is 262 g/mol. The van der Waals surface area contributed by atoms with Gasteiger partial charge in [0.1, 0.15) is 11.7 Å². The molecule has 3 aromatic rings. The molecule has 0 fully saturated rings. The molecule has 0 saturated heterocycles. The summed E-state index contributed by atoms with van der Waals surface area (Å²) in [6, 6.07) is 12.7. The molecule has 3 heteroatoms. The maximum absolute atomic E-state index is 6.14. The molecular weight excluding hydrogens is 248 g/mol. The molecule has 0 spiro atoms. The standard InChI is InChI=1S/C17H14N2O/c1-18-8-9-19-15(18)10-11-6-7-13-12-4-2-3-5-14(12)20-17(13)16(11)19/h2-9,15H,10H2,1H3. The number of likely N-dealkylation sites (N-methyl/N-ethyl adjacent to an activating group) is 1. The van der Waals surface area contributed by atoms with E-state index in [0.29, 0.717) is 6.17 Å². The fourth-order valence-corrected chi connectivity index (χ4v) is 3.50. The highest BCUT2D eigenvalue weighted by Gasteiger charge is 2.35. The zero-order valence-corrected chi connectivity index (χ0v) is 11.2. The van der Waals surface area contributed by atoms with E-state index in [1.54, 1.807) is 0 Å². The van der Waals surface area contributed by atoms with Crippen LogP contribution in [0.1, 0.15) is 5.56 Å². The first-order chi connectivity index (χ1) is 9.83. The van der Waals surface area contributed by atoms with Crippen molar-refractivity contribution in [1.82, 2.24) is 4.90 Å². The summed E-state index contributed by atoms with van der Waals surface area (Å²) in [5.41, 5.74) is 4.60. The molecule has 3 nitrogen and oxygen atoms in total. The number of anilines is 1. The van der Waals surface area contributed by atoms with Crippen molar-refractivity contribution in [2.75, 3.05) is 11.9 Å². The molecule has 98 valence electrons. The zero-order chi connectivity index (χ0) is 13.3. The summed E-state index contributed by atoms with van der Waals surface area (Å²) in [6.07, 6.45) is 5.74. The van der Waals surface area contributed by atoms with Crippen LogP contribution in [0.3, 0.4) is 0 Å². The summed E-state index contributed by atoms with van der Waals surface area (Å²) >= 11 is 0. The Hall–Kier alpha value is -2.42. The molecule has 20 heavy (non-hydrogen) atoms. The second kappa shape index (κ2) is 3.37. The lowest BCUT2D eigenvalue weighted by atomic mass is 10.1. The summed E-state index contributed by atoms with van der Waals surface area (Å²) < 4.78 is 6.14. The van der Waals surface area contributed by atoms with Gasteiger partial charge in [-0.1, -0.05) is 30.3 Å². The topological polar surface area (TPSA) is 19.6 Å². The number of hydrogen-bond acceptors (Lipinski definition) is 3. The normalized spacial score (nSPS) is 20.1. The number of para-hydroxylation sites is 1. The van der Waals surface area contributed by atoms with E-state index in [9.17, 15) is 0 Å². The second-order valence-corrected chi connectivity index (χ2v) is 5.60. The summed E-state index contributed by atoms with van der Waals surface area (Å²) in [5.74, 6) is 0. The van der Waals surface area contributed by atoms with Gasteiger partial charge in [-0.25, -0.2) is 0 Å². The maximum Gasteiger partial charge on any atom is 0.159 e. The Morgan fingerprint density at radius 3 is 2.90 bits per heavy atom. The van der Waals surface area contributed by atoms with Crippen molar-refractivity contribution in [3.05, 3.63) is 54.4 Å². The van der Waals surface area contributed by atoms with Crippen molar-refractivity contribution < 1.29 is 4.42 Å². The minimum Gasteiger partial charge on any atom is -0.454 e. The molecule has 0 bridgehead atoms.